The van der Waals surface area contributed by atoms with Gasteiger partial charge in [0.05, 0.1) is 0 Å². The highest BCUT2D eigenvalue weighted by molar-refractivity contribution is 9.10. The predicted octanol–water partition coefficient (Wildman–Crippen LogP) is 5.17. The molecule has 0 bridgehead atoms. The van der Waals surface area contributed by atoms with E-state index >= 15 is 0 Å². The number of anilines is 1. The van der Waals surface area contributed by atoms with Crippen LogP contribution in [0.4, 0.5) is 5.69 Å². The Hall–Kier alpha value is -1.63. The molecule has 0 spiro atoms. The number of halogens is 2. The molecular weight excluding hydrogens is 484 g/mol. The van der Waals surface area contributed by atoms with Gasteiger partial charge in [-0.3, -0.25) is 0 Å². The van der Waals surface area contributed by atoms with Gasteiger partial charge in [-0.25, -0.2) is 0 Å². The lowest BCUT2D eigenvalue weighted by Gasteiger charge is -2.34. The van der Waals surface area contributed by atoms with Crippen LogP contribution in [-0.2, 0) is 11.3 Å². The third-order valence-corrected chi connectivity index (χ3v) is 6.90. The number of carboxylic acids is 1. The van der Waals surface area contributed by atoms with Crippen molar-refractivity contribution in [1.82, 2.24) is 4.90 Å². The van der Waals surface area contributed by atoms with Gasteiger partial charge in [0.15, 0.2) is 5.11 Å². The first-order valence-corrected chi connectivity index (χ1v) is 11.7. The summed E-state index contributed by atoms with van der Waals surface area (Å²) < 4.78 is 1.03. The highest BCUT2D eigenvalue weighted by Crippen LogP contribution is 2.30. The summed E-state index contributed by atoms with van der Waals surface area (Å²) in [5, 5.41) is 15.9. The standard InChI is InChI=1S/C23H26BrClN2O2S/c1-15-11-20(9-10-21(15)25)26-23(30)27(14-17-3-2-4-19(24)12-17)13-16-5-7-18(8-6-16)22(28)29/h2-4,9-12,16,18H,5-8,13-14H2,1H3,(H,26,30)(H,28,29)/p-1. The number of thiocarbonyl (C=S) groups is 1. The molecule has 30 heavy (non-hydrogen) atoms. The van der Waals surface area contributed by atoms with E-state index in [9.17, 15) is 9.90 Å². The average molecular weight is 509 g/mol. The second-order valence-electron chi connectivity index (χ2n) is 7.94. The zero-order valence-corrected chi connectivity index (χ0v) is 20.0. The van der Waals surface area contributed by atoms with E-state index in [1.165, 1.54) is 0 Å². The largest absolute Gasteiger partial charge is 0.550 e. The van der Waals surface area contributed by atoms with E-state index in [0.29, 0.717) is 30.4 Å². The van der Waals surface area contributed by atoms with E-state index in [4.69, 9.17) is 23.8 Å². The number of carbonyl (C=O) groups is 1. The molecule has 2 aromatic rings. The van der Waals surface area contributed by atoms with Crippen molar-refractivity contribution in [3.63, 3.8) is 0 Å². The van der Waals surface area contributed by atoms with Gasteiger partial charge in [0.1, 0.15) is 0 Å². The van der Waals surface area contributed by atoms with Gasteiger partial charge in [0.25, 0.3) is 0 Å². The first-order chi connectivity index (χ1) is 14.3. The molecule has 0 unspecified atom stereocenters. The number of hydrogen-bond donors (Lipinski definition) is 1. The summed E-state index contributed by atoms with van der Waals surface area (Å²) in [6.07, 6.45) is 3.09. The van der Waals surface area contributed by atoms with Crippen molar-refractivity contribution in [3.05, 3.63) is 63.1 Å². The summed E-state index contributed by atoms with van der Waals surface area (Å²) in [7, 11) is 0. The van der Waals surface area contributed by atoms with Crippen molar-refractivity contribution >= 4 is 56.5 Å². The van der Waals surface area contributed by atoms with Crippen LogP contribution < -0.4 is 10.4 Å². The second kappa shape index (κ2) is 10.6. The van der Waals surface area contributed by atoms with Gasteiger partial charge in [0.2, 0.25) is 0 Å². The van der Waals surface area contributed by atoms with Crippen LogP contribution in [-0.4, -0.2) is 22.5 Å². The molecule has 1 aliphatic rings. The number of rotatable bonds is 6. The molecule has 2 aromatic carbocycles. The zero-order chi connectivity index (χ0) is 21.7. The number of nitrogens with one attached hydrogen (secondary N) is 1. The quantitative estimate of drug-likeness (QED) is 0.546. The van der Waals surface area contributed by atoms with Crippen molar-refractivity contribution in [3.8, 4) is 0 Å². The van der Waals surface area contributed by atoms with Crippen LogP contribution in [0, 0.1) is 18.8 Å². The molecule has 3 rings (SSSR count). The molecule has 0 radical (unpaired) electrons. The third-order valence-electron chi connectivity index (χ3n) is 5.62. The SMILES string of the molecule is Cc1cc(NC(=S)N(Cc2cccc(Br)c2)CC2CCC(C(=O)[O-])CC2)ccc1Cl. The van der Waals surface area contributed by atoms with E-state index in [-0.39, 0.29) is 5.92 Å². The molecule has 0 amide bonds. The number of carbonyl (C=O) groups excluding carboxylic acids is 1. The minimum absolute atomic E-state index is 0.318. The van der Waals surface area contributed by atoms with E-state index in [2.05, 4.69) is 38.3 Å². The Bertz CT molecular complexity index is 916. The summed E-state index contributed by atoms with van der Waals surface area (Å²) in [5.74, 6) is -0.837. The Morgan fingerprint density at radius 3 is 2.60 bits per heavy atom. The fraction of sp³-hybridized carbons (Fsp3) is 0.391. The van der Waals surface area contributed by atoms with Crippen LogP contribution in [0.3, 0.4) is 0 Å². The number of nitrogens with zero attached hydrogens (tertiary/aromatic N) is 1. The van der Waals surface area contributed by atoms with Crippen molar-refractivity contribution in [2.24, 2.45) is 11.8 Å². The molecule has 0 aliphatic heterocycles. The highest BCUT2D eigenvalue weighted by Gasteiger charge is 2.24. The minimum atomic E-state index is -0.922. The number of carboxylic acid groups (broad SMARTS) is 1. The Balaban J connectivity index is 1.72. The van der Waals surface area contributed by atoms with Crippen LogP contribution in [0.1, 0.15) is 36.8 Å². The molecule has 0 aromatic heterocycles. The molecule has 1 fully saturated rings. The van der Waals surface area contributed by atoms with Crippen LogP contribution in [0.15, 0.2) is 46.9 Å². The minimum Gasteiger partial charge on any atom is -0.550 e. The fourth-order valence-corrected chi connectivity index (χ4v) is 4.71. The van der Waals surface area contributed by atoms with Crippen molar-refractivity contribution in [2.45, 2.75) is 39.2 Å². The maximum absolute atomic E-state index is 11.2. The lowest BCUT2D eigenvalue weighted by atomic mass is 9.82. The summed E-state index contributed by atoms with van der Waals surface area (Å²) in [5.41, 5.74) is 3.05. The zero-order valence-electron chi connectivity index (χ0n) is 16.9. The summed E-state index contributed by atoms with van der Waals surface area (Å²) in [6, 6.07) is 14.0. The maximum Gasteiger partial charge on any atom is 0.173 e. The van der Waals surface area contributed by atoms with Gasteiger partial charge in [-0.15, -0.1) is 0 Å². The van der Waals surface area contributed by atoms with Gasteiger partial charge in [-0.2, -0.15) is 0 Å². The second-order valence-corrected chi connectivity index (χ2v) is 9.65. The topological polar surface area (TPSA) is 55.4 Å². The molecule has 0 saturated heterocycles. The Morgan fingerprint density at radius 1 is 1.23 bits per heavy atom. The molecule has 160 valence electrons. The molecule has 0 heterocycles. The monoisotopic (exact) mass is 507 g/mol. The van der Waals surface area contributed by atoms with Crippen LogP contribution >= 0.6 is 39.7 Å². The van der Waals surface area contributed by atoms with E-state index < -0.39 is 5.97 Å². The van der Waals surface area contributed by atoms with E-state index in [0.717, 1.165) is 45.7 Å². The van der Waals surface area contributed by atoms with Crippen LogP contribution in [0.25, 0.3) is 0 Å². The number of aryl methyl sites for hydroxylation is 1. The predicted molar refractivity (Wildman–Crippen MR) is 127 cm³/mol. The van der Waals surface area contributed by atoms with E-state index in [1.807, 2.05) is 37.3 Å². The lowest BCUT2D eigenvalue weighted by Crippen LogP contribution is -2.40. The molecule has 1 saturated carbocycles. The Morgan fingerprint density at radius 2 is 1.97 bits per heavy atom. The van der Waals surface area contributed by atoms with Gasteiger partial charge in [-0.1, -0.05) is 39.7 Å². The average Bonchev–Trinajstić information content (AvgIpc) is 2.70. The van der Waals surface area contributed by atoms with Crippen LogP contribution in [0.5, 0.6) is 0 Å². The molecular formula is C23H25BrClN2O2S-. The molecule has 0 atom stereocenters. The van der Waals surface area contributed by atoms with Gasteiger partial charge in [0, 0.05) is 34.2 Å². The molecule has 1 aliphatic carbocycles. The first-order valence-electron chi connectivity index (χ1n) is 10.1. The Kier molecular flexibility index (Phi) is 8.14. The van der Waals surface area contributed by atoms with Crippen molar-refractivity contribution < 1.29 is 9.90 Å². The third kappa shape index (κ3) is 6.43. The van der Waals surface area contributed by atoms with Gasteiger partial charge < -0.3 is 20.1 Å². The summed E-state index contributed by atoms with van der Waals surface area (Å²) >= 11 is 15.4. The van der Waals surface area contributed by atoms with Gasteiger partial charge in [-0.05, 0) is 98.1 Å². The van der Waals surface area contributed by atoms with Gasteiger partial charge >= 0.3 is 0 Å². The fourth-order valence-electron chi connectivity index (χ4n) is 3.89. The van der Waals surface area contributed by atoms with Crippen LogP contribution in [0.2, 0.25) is 5.02 Å². The summed E-state index contributed by atoms with van der Waals surface area (Å²) in [4.78, 5) is 13.3. The number of aliphatic carboxylic acids is 1. The maximum atomic E-state index is 11.2. The lowest BCUT2D eigenvalue weighted by molar-refractivity contribution is -0.312. The smallest absolute Gasteiger partial charge is 0.173 e. The normalized spacial score (nSPS) is 18.6. The summed E-state index contributed by atoms with van der Waals surface area (Å²) in [6.45, 7) is 3.43. The van der Waals surface area contributed by atoms with Crippen molar-refractivity contribution in [2.75, 3.05) is 11.9 Å². The van der Waals surface area contributed by atoms with E-state index in [1.54, 1.807) is 0 Å². The highest BCUT2D eigenvalue weighted by atomic mass is 79.9. The number of benzene rings is 2. The first kappa shape index (κ1) is 23.0. The Labute approximate surface area is 196 Å². The molecule has 4 nitrogen and oxygen atoms in total. The van der Waals surface area contributed by atoms with Crippen molar-refractivity contribution in [1.29, 1.82) is 0 Å². The molecule has 7 heteroatoms. The molecule has 1 N–H and O–H groups in total. The number of hydrogen-bond acceptors (Lipinski definition) is 3.